The maximum atomic E-state index is 5.83. The summed E-state index contributed by atoms with van der Waals surface area (Å²) in [6, 6.07) is 0. The van der Waals surface area contributed by atoms with Gasteiger partial charge in [-0.25, -0.2) is 5.43 Å². The summed E-state index contributed by atoms with van der Waals surface area (Å²) >= 11 is 0. The van der Waals surface area contributed by atoms with Crippen molar-refractivity contribution >= 4 is 0 Å². The molecule has 0 aromatic carbocycles. The molecule has 0 aliphatic rings. The Bertz CT molecular complexity index is 121. The second-order valence-corrected chi connectivity index (χ2v) is 3.93. The first-order chi connectivity index (χ1) is 6.08. The molecule has 0 aliphatic heterocycles. The van der Waals surface area contributed by atoms with Crippen LogP contribution in [0.15, 0.2) is 0 Å². The molecule has 1 atom stereocenters. The van der Waals surface area contributed by atoms with Crippen LogP contribution in [0.25, 0.3) is 0 Å². The molecule has 0 bridgehead atoms. The summed E-state index contributed by atoms with van der Waals surface area (Å²) in [5.74, 6) is 0. The molecule has 0 saturated carbocycles. The third kappa shape index (κ3) is 5.24. The van der Waals surface area contributed by atoms with Gasteiger partial charge in [-0.3, -0.25) is 5.43 Å². The first-order valence-electron chi connectivity index (χ1n) is 5.36. The predicted octanol–water partition coefficient (Wildman–Crippen LogP) is 1.74. The van der Waals surface area contributed by atoms with Gasteiger partial charge in [-0.2, -0.15) is 0 Å². The van der Waals surface area contributed by atoms with Crippen LogP contribution < -0.4 is 16.6 Å². The SMILES string of the molecule is CCCC(N)NNC(C)(CC)CC. The fourth-order valence-corrected chi connectivity index (χ4v) is 1.08. The minimum Gasteiger partial charge on any atom is -0.315 e. The van der Waals surface area contributed by atoms with Crippen molar-refractivity contribution < 1.29 is 0 Å². The Morgan fingerprint density at radius 3 is 2.15 bits per heavy atom. The second-order valence-electron chi connectivity index (χ2n) is 3.93. The highest BCUT2D eigenvalue weighted by atomic mass is 15.4. The van der Waals surface area contributed by atoms with Crippen LogP contribution in [0.4, 0.5) is 0 Å². The molecule has 0 rings (SSSR count). The Morgan fingerprint density at radius 1 is 1.23 bits per heavy atom. The number of hydrogen-bond acceptors (Lipinski definition) is 3. The van der Waals surface area contributed by atoms with Gasteiger partial charge in [-0.1, -0.05) is 27.2 Å². The monoisotopic (exact) mass is 187 g/mol. The van der Waals surface area contributed by atoms with Crippen molar-refractivity contribution in [2.24, 2.45) is 5.73 Å². The topological polar surface area (TPSA) is 50.1 Å². The Balaban J connectivity index is 3.71. The lowest BCUT2D eigenvalue weighted by atomic mass is 9.97. The molecule has 80 valence electrons. The molecule has 0 saturated heterocycles. The quantitative estimate of drug-likeness (QED) is 0.420. The summed E-state index contributed by atoms with van der Waals surface area (Å²) in [4.78, 5) is 0. The standard InChI is InChI=1S/C10H25N3/c1-5-8-9(11)12-13-10(4,6-2)7-3/h9,12-13H,5-8,11H2,1-4H3. The van der Waals surface area contributed by atoms with E-state index in [4.69, 9.17) is 5.73 Å². The fourth-order valence-electron chi connectivity index (χ4n) is 1.08. The highest BCUT2D eigenvalue weighted by Gasteiger charge is 2.18. The Labute approximate surface area is 82.4 Å². The molecule has 0 radical (unpaired) electrons. The number of nitrogens with one attached hydrogen (secondary N) is 2. The first-order valence-corrected chi connectivity index (χ1v) is 5.36. The summed E-state index contributed by atoms with van der Waals surface area (Å²) in [7, 11) is 0. The summed E-state index contributed by atoms with van der Waals surface area (Å²) < 4.78 is 0. The van der Waals surface area contributed by atoms with Gasteiger partial charge in [-0.05, 0) is 26.2 Å². The fraction of sp³-hybridized carbons (Fsp3) is 1.00. The van der Waals surface area contributed by atoms with Gasteiger partial charge in [0.05, 0.1) is 6.17 Å². The van der Waals surface area contributed by atoms with Crippen LogP contribution in [0.5, 0.6) is 0 Å². The summed E-state index contributed by atoms with van der Waals surface area (Å²) in [6.45, 7) is 8.71. The van der Waals surface area contributed by atoms with Gasteiger partial charge in [0.2, 0.25) is 0 Å². The number of hydrazine groups is 1. The lowest BCUT2D eigenvalue weighted by molar-refractivity contribution is 0.256. The Hall–Kier alpha value is -0.120. The summed E-state index contributed by atoms with van der Waals surface area (Å²) in [5.41, 5.74) is 12.5. The van der Waals surface area contributed by atoms with E-state index >= 15 is 0 Å². The van der Waals surface area contributed by atoms with Crippen molar-refractivity contribution in [2.75, 3.05) is 0 Å². The third-order valence-corrected chi connectivity index (χ3v) is 2.72. The van der Waals surface area contributed by atoms with Crippen molar-refractivity contribution in [2.45, 2.75) is 65.1 Å². The molecule has 0 aromatic heterocycles. The van der Waals surface area contributed by atoms with Gasteiger partial charge in [0.15, 0.2) is 0 Å². The number of nitrogens with two attached hydrogens (primary N) is 1. The van der Waals surface area contributed by atoms with Gasteiger partial charge < -0.3 is 5.73 Å². The minimum absolute atomic E-state index is 0.0717. The van der Waals surface area contributed by atoms with Crippen molar-refractivity contribution in [3.63, 3.8) is 0 Å². The van der Waals surface area contributed by atoms with E-state index in [0.717, 1.165) is 25.7 Å². The van der Waals surface area contributed by atoms with E-state index in [0.29, 0.717) is 0 Å². The zero-order valence-electron chi connectivity index (χ0n) is 9.48. The second kappa shape index (κ2) is 6.35. The lowest BCUT2D eigenvalue weighted by Crippen LogP contribution is -2.55. The molecule has 13 heavy (non-hydrogen) atoms. The molecule has 0 aliphatic carbocycles. The zero-order chi connectivity index (χ0) is 10.3. The largest absolute Gasteiger partial charge is 0.315 e. The molecule has 0 aromatic rings. The van der Waals surface area contributed by atoms with Gasteiger partial charge in [0, 0.05) is 5.54 Å². The van der Waals surface area contributed by atoms with Crippen LogP contribution in [0.1, 0.15) is 53.4 Å². The molecule has 0 amide bonds. The molecule has 1 unspecified atom stereocenters. The van der Waals surface area contributed by atoms with Crippen LogP contribution >= 0.6 is 0 Å². The Morgan fingerprint density at radius 2 is 1.77 bits per heavy atom. The smallest absolute Gasteiger partial charge is 0.0679 e. The van der Waals surface area contributed by atoms with Gasteiger partial charge in [0.1, 0.15) is 0 Å². The van der Waals surface area contributed by atoms with E-state index in [1.165, 1.54) is 0 Å². The van der Waals surface area contributed by atoms with E-state index in [-0.39, 0.29) is 11.7 Å². The predicted molar refractivity (Wildman–Crippen MR) is 58.1 cm³/mol. The van der Waals surface area contributed by atoms with E-state index < -0.39 is 0 Å². The van der Waals surface area contributed by atoms with Gasteiger partial charge in [0.25, 0.3) is 0 Å². The number of rotatable bonds is 7. The van der Waals surface area contributed by atoms with E-state index in [2.05, 4.69) is 38.5 Å². The zero-order valence-corrected chi connectivity index (χ0v) is 9.48. The average molecular weight is 187 g/mol. The van der Waals surface area contributed by atoms with Crippen LogP contribution in [0.2, 0.25) is 0 Å². The van der Waals surface area contributed by atoms with Gasteiger partial charge in [-0.15, -0.1) is 0 Å². The maximum Gasteiger partial charge on any atom is 0.0679 e. The normalized spacial score (nSPS) is 14.5. The van der Waals surface area contributed by atoms with Crippen molar-refractivity contribution in [3.8, 4) is 0 Å². The third-order valence-electron chi connectivity index (χ3n) is 2.72. The van der Waals surface area contributed by atoms with Crippen LogP contribution in [0, 0.1) is 0 Å². The highest BCUT2D eigenvalue weighted by molar-refractivity contribution is 4.78. The lowest BCUT2D eigenvalue weighted by Gasteiger charge is -2.30. The van der Waals surface area contributed by atoms with Crippen LogP contribution in [-0.4, -0.2) is 11.7 Å². The maximum absolute atomic E-state index is 5.83. The molecular formula is C10H25N3. The average Bonchev–Trinajstić information content (AvgIpc) is 2.15. The summed E-state index contributed by atoms with van der Waals surface area (Å²) in [5, 5.41) is 0. The molecule has 0 spiro atoms. The molecular weight excluding hydrogens is 162 g/mol. The van der Waals surface area contributed by atoms with Crippen molar-refractivity contribution in [3.05, 3.63) is 0 Å². The Kier molecular flexibility index (Phi) is 6.29. The highest BCUT2D eigenvalue weighted by Crippen LogP contribution is 2.11. The van der Waals surface area contributed by atoms with Crippen LogP contribution in [-0.2, 0) is 0 Å². The summed E-state index contributed by atoms with van der Waals surface area (Å²) in [6.07, 6.45) is 4.41. The first kappa shape index (κ1) is 12.9. The van der Waals surface area contributed by atoms with E-state index in [1.807, 2.05) is 0 Å². The molecule has 3 heteroatoms. The van der Waals surface area contributed by atoms with Crippen molar-refractivity contribution in [1.29, 1.82) is 0 Å². The van der Waals surface area contributed by atoms with E-state index in [1.54, 1.807) is 0 Å². The minimum atomic E-state index is 0.0717. The van der Waals surface area contributed by atoms with Crippen molar-refractivity contribution in [1.82, 2.24) is 10.9 Å². The molecule has 4 N–H and O–H groups in total. The molecule has 3 nitrogen and oxygen atoms in total. The van der Waals surface area contributed by atoms with Crippen LogP contribution in [0.3, 0.4) is 0 Å². The number of hydrogen-bond donors (Lipinski definition) is 3. The molecule has 0 heterocycles. The van der Waals surface area contributed by atoms with E-state index in [9.17, 15) is 0 Å². The molecule has 0 fully saturated rings. The van der Waals surface area contributed by atoms with Gasteiger partial charge >= 0.3 is 0 Å².